The monoisotopic (exact) mass is 296 g/mol. The lowest BCUT2D eigenvalue weighted by molar-refractivity contribution is -0.148. The van der Waals surface area contributed by atoms with Crippen molar-refractivity contribution < 1.29 is 14.7 Å². The molecule has 2 aliphatic rings. The van der Waals surface area contributed by atoms with Gasteiger partial charge in [-0.2, -0.15) is 0 Å². The molecule has 0 saturated carbocycles. The third kappa shape index (κ3) is 3.01. The van der Waals surface area contributed by atoms with E-state index in [-0.39, 0.29) is 6.03 Å². The quantitative estimate of drug-likeness (QED) is 0.871. The lowest BCUT2D eigenvalue weighted by Gasteiger charge is -2.37. The molecule has 21 heavy (non-hydrogen) atoms. The molecule has 0 bridgehead atoms. The van der Waals surface area contributed by atoms with Crippen LogP contribution in [0.25, 0.3) is 0 Å². The van der Waals surface area contributed by atoms with Crippen LogP contribution in [0.1, 0.15) is 58.8 Å². The largest absolute Gasteiger partial charge is 0.479 e. The van der Waals surface area contributed by atoms with Crippen molar-refractivity contribution in [2.75, 3.05) is 19.6 Å². The highest BCUT2D eigenvalue weighted by Crippen LogP contribution is 2.34. The number of hydrogen-bond acceptors (Lipinski definition) is 2. The molecule has 0 aromatic rings. The maximum absolute atomic E-state index is 12.8. The smallest absolute Gasteiger partial charge is 0.329 e. The summed E-state index contributed by atoms with van der Waals surface area (Å²) in [6, 6.07) is -0.0616. The van der Waals surface area contributed by atoms with Gasteiger partial charge in [0, 0.05) is 19.6 Å². The van der Waals surface area contributed by atoms with Crippen molar-refractivity contribution in [1.29, 1.82) is 0 Å². The maximum atomic E-state index is 12.8. The Hall–Kier alpha value is -1.26. The van der Waals surface area contributed by atoms with E-state index in [0.717, 1.165) is 32.4 Å². The molecular weight excluding hydrogens is 268 g/mol. The van der Waals surface area contributed by atoms with Crippen LogP contribution in [0.15, 0.2) is 0 Å². The lowest BCUT2D eigenvalue weighted by atomic mass is 9.93. The van der Waals surface area contributed by atoms with Gasteiger partial charge in [-0.3, -0.25) is 0 Å². The van der Waals surface area contributed by atoms with Gasteiger partial charge in [0.2, 0.25) is 0 Å². The first-order chi connectivity index (χ1) is 10.0. The first kappa shape index (κ1) is 16.1. The highest BCUT2D eigenvalue weighted by molar-refractivity contribution is 5.87. The van der Waals surface area contributed by atoms with Crippen molar-refractivity contribution in [3.63, 3.8) is 0 Å². The van der Waals surface area contributed by atoms with E-state index >= 15 is 0 Å². The average Bonchev–Trinajstić information content (AvgIpc) is 2.78. The molecule has 2 amide bonds. The minimum absolute atomic E-state index is 0.0616. The summed E-state index contributed by atoms with van der Waals surface area (Å²) in [6.45, 7) is 6.19. The van der Waals surface area contributed by atoms with E-state index < -0.39 is 11.5 Å². The van der Waals surface area contributed by atoms with Gasteiger partial charge in [-0.05, 0) is 44.4 Å². The zero-order chi connectivity index (χ0) is 15.5. The molecule has 0 aromatic carbocycles. The number of hydrogen-bond donors (Lipinski definition) is 1. The molecule has 0 aliphatic carbocycles. The van der Waals surface area contributed by atoms with E-state index in [4.69, 9.17) is 0 Å². The third-order valence-electron chi connectivity index (χ3n) is 5.40. The second kappa shape index (κ2) is 6.67. The van der Waals surface area contributed by atoms with E-state index in [1.807, 2.05) is 11.8 Å². The summed E-state index contributed by atoms with van der Waals surface area (Å²) < 4.78 is 0. The van der Waals surface area contributed by atoms with Crippen LogP contribution in [-0.2, 0) is 4.79 Å². The molecule has 2 heterocycles. The molecule has 2 rings (SSSR count). The molecule has 2 unspecified atom stereocenters. The minimum Gasteiger partial charge on any atom is -0.479 e. The molecular formula is C16H28N2O3. The summed E-state index contributed by atoms with van der Waals surface area (Å²) in [5.41, 5.74) is -0.979. The highest BCUT2D eigenvalue weighted by Gasteiger charge is 2.49. The van der Waals surface area contributed by atoms with E-state index in [1.165, 1.54) is 12.8 Å². The van der Waals surface area contributed by atoms with Crippen LogP contribution in [0.5, 0.6) is 0 Å². The first-order valence-electron chi connectivity index (χ1n) is 8.35. The average molecular weight is 296 g/mol. The Bertz CT molecular complexity index is 399. The van der Waals surface area contributed by atoms with Crippen molar-refractivity contribution >= 4 is 12.0 Å². The minimum atomic E-state index is -0.979. The predicted octanol–water partition coefficient (Wildman–Crippen LogP) is 2.95. The van der Waals surface area contributed by atoms with Crippen molar-refractivity contribution in [3.8, 4) is 0 Å². The van der Waals surface area contributed by atoms with Crippen molar-refractivity contribution in [1.82, 2.24) is 9.80 Å². The normalized spacial score (nSPS) is 30.3. The lowest BCUT2D eigenvalue weighted by Crippen LogP contribution is -2.56. The zero-order valence-corrected chi connectivity index (χ0v) is 13.3. The maximum Gasteiger partial charge on any atom is 0.329 e. The number of aliphatic carboxylic acids is 1. The molecule has 0 radical (unpaired) electrons. The van der Waals surface area contributed by atoms with Gasteiger partial charge in [-0.25, -0.2) is 9.59 Å². The van der Waals surface area contributed by atoms with Crippen LogP contribution >= 0.6 is 0 Å². The molecule has 2 saturated heterocycles. The number of carbonyl (C=O) groups excluding carboxylic acids is 1. The fourth-order valence-corrected chi connectivity index (χ4v) is 3.83. The molecule has 1 N–H and O–H groups in total. The summed E-state index contributed by atoms with van der Waals surface area (Å²) in [5.74, 6) is -0.145. The summed E-state index contributed by atoms with van der Waals surface area (Å²) in [4.78, 5) is 28.0. The first-order valence-corrected chi connectivity index (χ1v) is 8.35. The van der Waals surface area contributed by atoms with Gasteiger partial charge < -0.3 is 14.9 Å². The molecule has 0 aromatic heterocycles. The summed E-state index contributed by atoms with van der Waals surface area (Å²) in [6.07, 6.45) is 6.28. The number of nitrogens with zero attached hydrogens (tertiary/aromatic N) is 2. The van der Waals surface area contributed by atoms with Crippen LogP contribution in [0.2, 0.25) is 0 Å². The van der Waals surface area contributed by atoms with Crippen molar-refractivity contribution in [2.24, 2.45) is 5.92 Å². The molecule has 120 valence electrons. The number of carboxylic acids is 1. The molecule has 0 spiro atoms. The second-order valence-corrected chi connectivity index (χ2v) is 6.42. The standard InChI is InChI=1S/C16H28N2O3/c1-3-13-7-5-10-17(12-8-13)15(21)18-11-6-9-16(18,4-2)14(19)20/h13H,3-12H2,1-2H3,(H,19,20). The van der Waals surface area contributed by atoms with Gasteiger partial charge in [0.1, 0.15) is 5.54 Å². The highest BCUT2D eigenvalue weighted by atomic mass is 16.4. The molecule has 2 fully saturated rings. The molecule has 5 nitrogen and oxygen atoms in total. The Morgan fingerprint density at radius 1 is 1.14 bits per heavy atom. The van der Waals surface area contributed by atoms with Gasteiger partial charge >= 0.3 is 12.0 Å². The fraction of sp³-hybridized carbons (Fsp3) is 0.875. The van der Waals surface area contributed by atoms with Crippen LogP contribution in [0.4, 0.5) is 4.79 Å². The number of carboxylic acid groups (broad SMARTS) is 1. The second-order valence-electron chi connectivity index (χ2n) is 6.42. The van der Waals surface area contributed by atoms with Gasteiger partial charge in [0.25, 0.3) is 0 Å². The van der Waals surface area contributed by atoms with Crippen molar-refractivity contribution in [3.05, 3.63) is 0 Å². The van der Waals surface area contributed by atoms with E-state index in [9.17, 15) is 14.7 Å². The number of rotatable bonds is 3. The molecule has 5 heteroatoms. The van der Waals surface area contributed by atoms with Crippen LogP contribution in [0.3, 0.4) is 0 Å². The third-order valence-corrected chi connectivity index (χ3v) is 5.40. The number of urea groups is 1. The van der Waals surface area contributed by atoms with Gasteiger partial charge in [0.15, 0.2) is 0 Å². The van der Waals surface area contributed by atoms with E-state index in [1.54, 1.807) is 4.90 Å². The Morgan fingerprint density at radius 3 is 2.52 bits per heavy atom. The van der Waals surface area contributed by atoms with Crippen LogP contribution < -0.4 is 0 Å². The Morgan fingerprint density at radius 2 is 1.90 bits per heavy atom. The van der Waals surface area contributed by atoms with Crippen LogP contribution in [0, 0.1) is 5.92 Å². The number of amides is 2. The van der Waals surface area contributed by atoms with Gasteiger partial charge in [-0.1, -0.05) is 20.3 Å². The predicted molar refractivity (Wildman–Crippen MR) is 81.2 cm³/mol. The van der Waals surface area contributed by atoms with Crippen LogP contribution in [-0.4, -0.2) is 52.1 Å². The molecule has 2 aliphatic heterocycles. The SMILES string of the molecule is CCC1CCCN(C(=O)N2CCCC2(CC)C(=O)O)CC1. The topological polar surface area (TPSA) is 60.9 Å². The summed E-state index contributed by atoms with van der Waals surface area (Å²) in [7, 11) is 0. The van der Waals surface area contributed by atoms with Gasteiger partial charge in [0.05, 0.1) is 0 Å². The molecule has 2 atom stereocenters. The number of carbonyl (C=O) groups is 2. The Labute approximate surface area is 127 Å². The number of likely N-dealkylation sites (tertiary alicyclic amines) is 2. The van der Waals surface area contributed by atoms with E-state index in [0.29, 0.717) is 25.3 Å². The Balaban J connectivity index is 2.10. The van der Waals surface area contributed by atoms with E-state index in [2.05, 4.69) is 6.92 Å². The van der Waals surface area contributed by atoms with Crippen molar-refractivity contribution in [2.45, 2.75) is 64.3 Å². The zero-order valence-electron chi connectivity index (χ0n) is 13.3. The summed E-state index contributed by atoms with van der Waals surface area (Å²) in [5, 5.41) is 9.60. The summed E-state index contributed by atoms with van der Waals surface area (Å²) >= 11 is 0. The fourth-order valence-electron chi connectivity index (χ4n) is 3.83. The Kier molecular flexibility index (Phi) is 5.12. The van der Waals surface area contributed by atoms with Gasteiger partial charge in [-0.15, -0.1) is 0 Å².